The van der Waals surface area contributed by atoms with Gasteiger partial charge in [0.25, 0.3) is 0 Å². The molecule has 1 unspecified atom stereocenters. The number of rotatable bonds is 7. The fraction of sp³-hybridized carbons (Fsp3) is 0.500. The highest BCUT2D eigenvalue weighted by Crippen LogP contribution is 2.23. The number of hydrogen-bond donors (Lipinski definition) is 2. The van der Waals surface area contributed by atoms with Gasteiger partial charge < -0.3 is 15.2 Å². The quantitative estimate of drug-likeness (QED) is 0.730. The van der Waals surface area contributed by atoms with Crippen LogP contribution >= 0.6 is 0 Å². The van der Waals surface area contributed by atoms with Gasteiger partial charge in [-0.3, -0.25) is 0 Å². The standard InChI is InChI=1S/C12H20N2O4S/c1-4-18-8-9(2)14-19(15,16)12-6-5-10(17-3)7-11(12)13/h5-7,9,14H,4,8,13H2,1-3H3. The highest BCUT2D eigenvalue weighted by atomic mass is 32.2. The molecule has 0 aromatic heterocycles. The Morgan fingerprint density at radius 3 is 2.63 bits per heavy atom. The third-order valence-electron chi connectivity index (χ3n) is 2.43. The number of nitrogens with two attached hydrogens (primary N) is 1. The van der Waals surface area contributed by atoms with Crippen molar-refractivity contribution in [2.24, 2.45) is 0 Å². The summed E-state index contributed by atoms with van der Waals surface area (Å²) in [5.41, 5.74) is 5.88. The van der Waals surface area contributed by atoms with Gasteiger partial charge in [-0.15, -0.1) is 0 Å². The summed E-state index contributed by atoms with van der Waals surface area (Å²) in [6.07, 6.45) is 0. The second kappa shape index (κ2) is 6.74. The Labute approximate surface area is 113 Å². The van der Waals surface area contributed by atoms with Crippen LogP contribution in [-0.2, 0) is 14.8 Å². The predicted molar refractivity (Wildman–Crippen MR) is 73.7 cm³/mol. The maximum atomic E-state index is 12.1. The van der Waals surface area contributed by atoms with Gasteiger partial charge in [0.15, 0.2) is 0 Å². The molecule has 1 aromatic rings. The molecule has 0 aliphatic heterocycles. The monoisotopic (exact) mass is 288 g/mol. The summed E-state index contributed by atoms with van der Waals surface area (Å²) in [6, 6.07) is 4.12. The van der Waals surface area contributed by atoms with Gasteiger partial charge in [-0.25, -0.2) is 13.1 Å². The molecular formula is C12H20N2O4S. The smallest absolute Gasteiger partial charge is 0.242 e. The summed E-state index contributed by atoms with van der Waals surface area (Å²) < 4.78 is 36.9. The zero-order valence-corrected chi connectivity index (χ0v) is 12.2. The van der Waals surface area contributed by atoms with Gasteiger partial charge in [-0.05, 0) is 26.0 Å². The molecule has 1 aromatic carbocycles. The molecular weight excluding hydrogens is 268 g/mol. The van der Waals surface area contributed by atoms with Crippen molar-refractivity contribution in [3.63, 3.8) is 0 Å². The summed E-state index contributed by atoms with van der Waals surface area (Å²) >= 11 is 0. The van der Waals surface area contributed by atoms with Crippen molar-refractivity contribution in [1.29, 1.82) is 0 Å². The maximum Gasteiger partial charge on any atom is 0.242 e. The Kier molecular flexibility index (Phi) is 5.59. The van der Waals surface area contributed by atoms with Gasteiger partial charge in [-0.1, -0.05) is 0 Å². The molecule has 3 N–H and O–H groups in total. The van der Waals surface area contributed by atoms with Gasteiger partial charge in [0, 0.05) is 18.7 Å². The average molecular weight is 288 g/mol. The normalized spacial score (nSPS) is 13.2. The number of benzene rings is 1. The minimum atomic E-state index is -3.66. The fourth-order valence-electron chi connectivity index (χ4n) is 1.56. The van der Waals surface area contributed by atoms with E-state index >= 15 is 0 Å². The summed E-state index contributed by atoms with van der Waals surface area (Å²) in [7, 11) is -2.16. The van der Waals surface area contributed by atoms with Crippen molar-refractivity contribution in [1.82, 2.24) is 4.72 Å². The van der Waals surface area contributed by atoms with Crippen molar-refractivity contribution < 1.29 is 17.9 Å². The zero-order valence-electron chi connectivity index (χ0n) is 11.3. The first-order valence-electron chi connectivity index (χ1n) is 5.94. The van der Waals surface area contributed by atoms with E-state index in [1.54, 1.807) is 13.0 Å². The second-order valence-corrected chi connectivity index (χ2v) is 5.77. The third-order valence-corrected chi connectivity index (χ3v) is 4.10. The van der Waals surface area contributed by atoms with E-state index in [0.717, 1.165) is 0 Å². The molecule has 0 fully saturated rings. The van der Waals surface area contributed by atoms with Crippen LogP contribution in [-0.4, -0.2) is 34.8 Å². The summed E-state index contributed by atoms with van der Waals surface area (Å²) in [6.45, 7) is 4.43. The number of nitrogens with one attached hydrogen (secondary N) is 1. The van der Waals surface area contributed by atoms with E-state index in [4.69, 9.17) is 15.2 Å². The van der Waals surface area contributed by atoms with Crippen LogP contribution in [0.2, 0.25) is 0 Å². The summed E-state index contributed by atoms with van der Waals surface area (Å²) in [5, 5.41) is 0. The molecule has 0 radical (unpaired) electrons. The Balaban J connectivity index is 2.88. The molecule has 108 valence electrons. The van der Waals surface area contributed by atoms with Crippen molar-refractivity contribution in [2.45, 2.75) is 24.8 Å². The average Bonchev–Trinajstić information content (AvgIpc) is 2.35. The van der Waals surface area contributed by atoms with Crippen molar-refractivity contribution in [2.75, 3.05) is 26.1 Å². The van der Waals surface area contributed by atoms with Crippen LogP contribution in [0.25, 0.3) is 0 Å². The van der Waals surface area contributed by atoms with Crippen LogP contribution in [0.5, 0.6) is 5.75 Å². The van der Waals surface area contributed by atoms with E-state index in [-0.39, 0.29) is 16.6 Å². The highest BCUT2D eigenvalue weighted by Gasteiger charge is 2.20. The van der Waals surface area contributed by atoms with Crippen molar-refractivity contribution >= 4 is 15.7 Å². The van der Waals surface area contributed by atoms with E-state index in [2.05, 4.69) is 4.72 Å². The number of hydrogen-bond acceptors (Lipinski definition) is 5. The molecule has 1 atom stereocenters. The minimum Gasteiger partial charge on any atom is -0.497 e. The van der Waals surface area contributed by atoms with Gasteiger partial charge in [0.1, 0.15) is 10.6 Å². The largest absolute Gasteiger partial charge is 0.497 e. The van der Waals surface area contributed by atoms with Crippen LogP contribution in [0.1, 0.15) is 13.8 Å². The van der Waals surface area contributed by atoms with Crippen molar-refractivity contribution in [3.8, 4) is 5.75 Å². The Hall–Kier alpha value is -1.31. The first kappa shape index (κ1) is 15.7. The van der Waals surface area contributed by atoms with Crippen LogP contribution in [0.3, 0.4) is 0 Å². The SMILES string of the molecule is CCOCC(C)NS(=O)(=O)c1ccc(OC)cc1N. The zero-order chi connectivity index (χ0) is 14.5. The van der Waals surface area contributed by atoms with E-state index in [1.807, 2.05) is 6.92 Å². The molecule has 6 nitrogen and oxygen atoms in total. The van der Waals surface area contributed by atoms with Crippen LogP contribution in [0.15, 0.2) is 23.1 Å². The first-order valence-corrected chi connectivity index (χ1v) is 7.42. The molecule has 0 heterocycles. The lowest BCUT2D eigenvalue weighted by Crippen LogP contribution is -2.36. The van der Waals surface area contributed by atoms with E-state index in [1.165, 1.54) is 19.2 Å². The molecule has 0 aliphatic rings. The van der Waals surface area contributed by atoms with Crippen LogP contribution in [0, 0.1) is 0 Å². The van der Waals surface area contributed by atoms with Gasteiger partial charge in [0.05, 0.1) is 19.4 Å². The second-order valence-electron chi connectivity index (χ2n) is 4.09. The number of nitrogen functional groups attached to an aromatic ring is 1. The molecule has 19 heavy (non-hydrogen) atoms. The Morgan fingerprint density at radius 2 is 2.11 bits per heavy atom. The number of anilines is 1. The van der Waals surface area contributed by atoms with Gasteiger partial charge in [-0.2, -0.15) is 0 Å². The third kappa shape index (κ3) is 4.38. The Bertz CT molecular complexity index is 516. The number of ether oxygens (including phenoxy) is 2. The van der Waals surface area contributed by atoms with Gasteiger partial charge in [0.2, 0.25) is 10.0 Å². The van der Waals surface area contributed by atoms with E-state index in [0.29, 0.717) is 19.0 Å². The van der Waals surface area contributed by atoms with E-state index < -0.39 is 10.0 Å². The molecule has 0 saturated heterocycles. The maximum absolute atomic E-state index is 12.1. The molecule has 0 bridgehead atoms. The first-order chi connectivity index (χ1) is 8.90. The highest BCUT2D eigenvalue weighted by molar-refractivity contribution is 7.89. The Morgan fingerprint density at radius 1 is 1.42 bits per heavy atom. The van der Waals surface area contributed by atoms with Gasteiger partial charge >= 0.3 is 0 Å². The van der Waals surface area contributed by atoms with E-state index in [9.17, 15) is 8.42 Å². The molecule has 0 saturated carbocycles. The molecule has 1 rings (SSSR count). The molecule has 7 heteroatoms. The lowest BCUT2D eigenvalue weighted by atomic mass is 10.3. The predicted octanol–water partition coefficient (Wildman–Crippen LogP) is 0.981. The summed E-state index contributed by atoms with van der Waals surface area (Å²) in [4.78, 5) is 0.0386. The minimum absolute atomic E-state index is 0.0386. The van der Waals surface area contributed by atoms with Crippen LogP contribution < -0.4 is 15.2 Å². The van der Waals surface area contributed by atoms with Crippen molar-refractivity contribution in [3.05, 3.63) is 18.2 Å². The molecule has 0 amide bonds. The number of sulfonamides is 1. The fourth-order valence-corrected chi connectivity index (χ4v) is 2.90. The molecule has 0 spiro atoms. The lowest BCUT2D eigenvalue weighted by molar-refractivity contribution is 0.133. The molecule has 0 aliphatic carbocycles. The lowest BCUT2D eigenvalue weighted by Gasteiger charge is -2.15. The topological polar surface area (TPSA) is 90.6 Å². The van der Waals surface area contributed by atoms with Crippen LogP contribution in [0.4, 0.5) is 5.69 Å². The summed E-state index contributed by atoms with van der Waals surface area (Å²) in [5.74, 6) is 0.513. The number of methoxy groups -OCH3 is 1.